The number of anilines is 2. The number of pyridine rings is 1. The van der Waals surface area contributed by atoms with Crippen LogP contribution in [0.4, 0.5) is 11.5 Å². The van der Waals surface area contributed by atoms with Gasteiger partial charge in [-0.1, -0.05) is 17.7 Å². The molecule has 0 aliphatic heterocycles. The lowest BCUT2D eigenvalue weighted by molar-refractivity contribution is 1.26. The van der Waals surface area contributed by atoms with Crippen molar-refractivity contribution in [3.63, 3.8) is 0 Å². The van der Waals surface area contributed by atoms with Gasteiger partial charge in [-0.3, -0.25) is 0 Å². The van der Waals surface area contributed by atoms with Gasteiger partial charge in [-0.2, -0.15) is 0 Å². The van der Waals surface area contributed by atoms with Crippen molar-refractivity contribution in [3.05, 3.63) is 47.1 Å². The molecule has 0 radical (unpaired) electrons. The third-order valence-corrected chi connectivity index (χ3v) is 3.61. The topological polar surface area (TPSA) is 64.9 Å². The van der Waals surface area contributed by atoms with Crippen LogP contribution in [0, 0.1) is 0 Å². The lowest BCUT2D eigenvalue weighted by atomic mass is 10.3. The Hall–Kier alpha value is -1.39. The number of halogens is 1. The molecule has 0 atom stereocenters. The first-order valence-corrected chi connectivity index (χ1v) is 6.40. The predicted octanol–water partition coefficient (Wildman–Crippen LogP) is 3.19. The Labute approximate surface area is 109 Å². The van der Waals surface area contributed by atoms with Crippen molar-refractivity contribution in [2.24, 2.45) is 0 Å². The molecule has 0 fully saturated rings. The van der Waals surface area contributed by atoms with Crippen molar-refractivity contribution in [1.82, 2.24) is 4.98 Å². The molecule has 0 saturated heterocycles. The van der Waals surface area contributed by atoms with Gasteiger partial charge in [-0.05, 0) is 29.8 Å². The first-order chi connectivity index (χ1) is 8.15. The Morgan fingerprint density at radius 1 is 1.18 bits per heavy atom. The standard InChI is InChI=1S/C12H12ClN3S/c13-9-2-3-11(10(14)5-9)17-7-8-1-4-12(15)16-6-8/h1-6H,7,14H2,(H2,15,16). The van der Waals surface area contributed by atoms with Gasteiger partial charge in [0.15, 0.2) is 0 Å². The highest BCUT2D eigenvalue weighted by molar-refractivity contribution is 7.98. The van der Waals surface area contributed by atoms with E-state index in [4.69, 9.17) is 23.1 Å². The molecular formula is C12H12ClN3S. The van der Waals surface area contributed by atoms with Crippen LogP contribution in [0.15, 0.2) is 41.4 Å². The van der Waals surface area contributed by atoms with Gasteiger partial charge in [0.05, 0.1) is 0 Å². The maximum Gasteiger partial charge on any atom is 0.123 e. The van der Waals surface area contributed by atoms with E-state index in [1.54, 1.807) is 30.1 Å². The maximum absolute atomic E-state index is 5.87. The summed E-state index contributed by atoms with van der Waals surface area (Å²) < 4.78 is 0. The minimum atomic E-state index is 0.532. The van der Waals surface area contributed by atoms with E-state index in [1.807, 2.05) is 18.2 Å². The number of aromatic nitrogens is 1. The van der Waals surface area contributed by atoms with Crippen LogP contribution in [0.2, 0.25) is 5.02 Å². The third kappa shape index (κ3) is 3.28. The van der Waals surface area contributed by atoms with Crippen LogP contribution in [0.5, 0.6) is 0 Å². The monoisotopic (exact) mass is 265 g/mol. The predicted molar refractivity (Wildman–Crippen MR) is 74.1 cm³/mol. The molecule has 0 aliphatic rings. The second-order valence-electron chi connectivity index (χ2n) is 3.56. The van der Waals surface area contributed by atoms with Crippen LogP contribution in [-0.4, -0.2) is 4.98 Å². The molecule has 4 N–H and O–H groups in total. The summed E-state index contributed by atoms with van der Waals surface area (Å²) in [5.74, 6) is 1.34. The molecule has 1 heterocycles. The second kappa shape index (κ2) is 5.29. The van der Waals surface area contributed by atoms with Crippen molar-refractivity contribution >= 4 is 34.9 Å². The molecule has 17 heavy (non-hydrogen) atoms. The molecule has 2 rings (SSSR count). The van der Waals surface area contributed by atoms with Crippen molar-refractivity contribution in [2.45, 2.75) is 10.6 Å². The summed E-state index contributed by atoms with van der Waals surface area (Å²) in [5, 5.41) is 0.654. The Morgan fingerprint density at radius 2 is 2.00 bits per heavy atom. The summed E-state index contributed by atoms with van der Waals surface area (Å²) >= 11 is 7.49. The minimum Gasteiger partial charge on any atom is -0.398 e. The molecule has 0 aliphatic carbocycles. The number of hydrogen-bond acceptors (Lipinski definition) is 4. The van der Waals surface area contributed by atoms with Crippen LogP contribution >= 0.6 is 23.4 Å². The molecule has 2 aromatic rings. The molecule has 88 valence electrons. The third-order valence-electron chi connectivity index (χ3n) is 2.21. The van der Waals surface area contributed by atoms with Crippen LogP contribution in [-0.2, 0) is 5.75 Å². The molecule has 3 nitrogen and oxygen atoms in total. The highest BCUT2D eigenvalue weighted by Crippen LogP contribution is 2.29. The second-order valence-corrected chi connectivity index (χ2v) is 5.02. The van der Waals surface area contributed by atoms with Crippen molar-refractivity contribution in [1.29, 1.82) is 0 Å². The van der Waals surface area contributed by atoms with E-state index in [-0.39, 0.29) is 0 Å². The fourth-order valence-electron chi connectivity index (χ4n) is 1.33. The largest absolute Gasteiger partial charge is 0.398 e. The molecule has 0 amide bonds. The van der Waals surface area contributed by atoms with E-state index < -0.39 is 0 Å². The van der Waals surface area contributed by atoms with Crippen molar-refractivity contribution in [3.8, 4) is 0 Å². The lowest BCUT2D eigenvalue weighted by Crippen LogP contribution is -1.91. The van der Waals surface area contributed by atoms with Crippen LogP contribution < -0.4 is 11.5 Å². The van der Waals surface area contributed by atoms with Crippen LogP contribution in [0.1, 0.15) is 5.56 Å². The number of hydrogen-bond donors (Lipinski definition) is 2. The van der Waals surface area contributed by atoms with E-state index in [9.17, 15) is 0 Å². The molecule has 5 heteroatoms. The first kappa shape index (κ1) is 12.1. The lowest BCUT2D eigenvalue weighted by Gasteiger charge is -2.05. The number of nitrogens with two attached hydrogens (primary N) is 2. The van der Waals surface area contributed by atoms with Gasteiger partial charge in [-0.15, -0.1) is 11.8 Å². The molecule has 0 spiro atoms. The average molecular weight is 266 g/mol. The van der Waals surface area contributed by atoms with Crippen molar-refractivity contribution < 1.29 is 0 Å². The van der Waals surface area contributed by atoms with E-state index in [1.165, 1.54) is 0 Å². The summed E-state index contributed by atoms with van der Waals surface area (Å²) in [4.78, 5) is 5.06. The van der Waals surface area contributed by atoms with Crippen molar-refractivity contribution in [2.75, 3.05) is 11.5 Å². The van der Waals surface area contributed by atoms with Gasteiger partial charge >= 0.3 is 0 Å². The van der Waals surface area contributed by atoms with Gasteiger partial charge in [0.2, 0.25) is 0 Å². The average Bonchev–Trinajstić information content (AvgIpc) is 2.30. The minimum absolute atomic E-state index is 0.532. The SMILES string of the molecule is Nc1ccc(CSc2ccc(Cl)cc2N)cn1. The Kier molecular flexibility index (Phi) is 3.76. The van der Waals surface area contributed by atoms with Gasteiger partial charge in [0.25, 0.3) is 0 Å². The fraction of sp³-hybridized carbons (Fsp3) is 0.0833. The maximum atomic E-state index is 5.87. The number of nitrogens with zero attached hydrogens (tertiary/aromatic N) is 1. The van der Waals surface area contributed by atoms with E-state index in [2.05, 4.69) is 4.98 Å². The number of nitrogen functional groups attached to an aromatic ring is 2. The summed E-state index contributed by atoms with van der Waals surface area (Å²) in [5.41, 5.74) is 13.2. The number of thioether (sulfide) groups is 1. The van der Waals surface area contributed by atoms with E-state index in [0.717, 1.165) is 16.2 Å². The summed E-state index contributed by atoms with van der Waals surface area (Å²) in [6.07, 6.45) is 1.77. The highest BCUT2D eigenvalue weighted by atomic mass is 35.5. The number of benzene rings is 1. The Morgan fingerprint density at radius 3 is 2.65 bits per heavy atom. The van der Waals surface area contributed by atoms with Gasteiger partial charge in [0.1, 0.15) is 5.82 Å². The highest BCUT2D eigenvalue weighted by Gasteiger charge is 2.02. The quantitative estimate of drug-likeness (QED) is 0.661. The Balaban J connectivity index is 2.04. The zero-order valence-electron chi connectivity index (χ0n) is 9.06. The molecule has 1 aromatic carbocycles. The summed E-state index contributed by atoms with van der Waals surface area (Å²) in [6, 6.07) is 9.27. The van der Waals surface area contributed by atoms with Gasteiger partial charge in [-0.25, -0.2) is 4.98 Å². The molecular weight excluding hydrogens is 254 g/mol. The normalized spacial score (nSPS) is 10.4. The molecule has 0 saturated carbocycles. The summed E-state index contributed by atoms with van der Waals surface area (Å²) in [6.45, 7) is 0. The van der Waals surface area contributed by atoms with E-state index in [0.29, 0.717) is 16.5 Å². The molecule has 0 unspecified atom stereocenters. The smallest absolute Gasteiger partial charge is 0.123 e. The Bertz CT molecular complexity index is 514. The van der Waals surface area contributed by atoms with Crippen LogP contribution in [0.25, 0.3) is 0 Å². The summed E-state index contributed by atoms with van der Waals surface area (Å²) in [7, 11) is 0. The number of rotatable bonds is 3. The molecule has 0 bridgehead atoms. The van der Waals surface area contributed by atoms with Gasteiger partial charge < -0.3 is 11.5 Å². The first-order valence-electron chi connectivity index (χ1n) is 5.03. The van der Waals surface area contributed by atoms with Gasteiger partial charge in [0, 0.05) is 27.6 Å². The van der Waals surface area contributed by atoms with E-state index >= 15 is 0 Å². The molecule has 1 aromatic heterocycles. The fourth-order valence-corrected chi connectivity index (χ4v) is 2.40. The zero-order chi connectivity index (χ0) is 12.3. The zero-order valence-corrected chi connectivity index (χ0v) is 10.6. The van der Waals surface area contributed by atoms with Crippen LogP contribution in [0.3, 0.4) is 0 Å².